The number of aromatic nitrogens is 3. The van der Waals surface area contributed by atoms with Crippen LogP contribution in [-0.2, 0) is 13.5 Å². The van der Waals surface area contributed by atoms with Crippen molar-refractivity contribution in [1.29, 1.82) is 0 Å². The fourth-order valence-electron chi connectivity index (χ4n) is 4.17. The molecule has 4 aromatic rings. The number of hydrogen-bond donors (Lipinski definition) is 1. The number of pyridine rings is 1. The first-order valence-electron chi connectivity index (χ1n) is 9.35. The summed E-state index contributed by atoms with van der Waals surface area (Å²) < 4.78 is 1.72. The molecular formula is C23H20N4O. The average Bonchev–Trinajstić information content (AvgIpc) is 3.17. The zero-order chi connectivity index (χ0) is 19.4. The molecule has 1 aliphatic rings. The maximum absolute atomic E-state index is 13.1. The van der Waals surface area contributed by atoms with Gasteiger partial charge in [-0.2, -0.15) is 5.10 Å². The Hall–Kier alpha value is -3.47. The quantitative estimate of drug-likeness (QED) is 0.502. The summed E-state index contributed by atoms with van der Waals surface area (Å²) >= 11 is 0. The highest BCUT2D eigenvalue weighted by Crippen LogP contribution is 2.37. The van der Waals surface area contributed by atoms with Gasteiger partial charge in [0.05, 0.1) is 16.6 Å². The van der Waals surface area contributed by atoms with Crippen molar-refractivity contribution in [3.05, 3.63) is 76.6 Å². The van der Waals surface area contributed by atoms with Gasteiger partial charge in [0.2, 0.25) is 0 Å². The van der Waals surface area contributed by atoms with Crippen LogP contribution in [-0.4, -0.2) is 20.7 Å². The van der Waals surface area contributed by atoms with Crippen molar-refractivity contribution in [2.75, 3.05) is 5.32 Å². The molecule has 0 aliphatic heterocycles. The van der Waals surface area contributed by atoms with Gasteiger partial charge in [-0.25, -0.2) is 4.98 Å². The first-order valence-corrected chi connectivity index (χ1v) is 9.35. The normalized spacial score (nSPS) is 12.1. The van der Waals surface area contributed by atoms with E-state index in [2.05, 4.69) is 51.8 Å². The number of anilines is 1. The van der Waals surface area contributed by atoms with Crippen molar-refractivity contribution < 1.29 is 4.79 Å². The third kappa shape index (κ3) is 2.51. The molecule has 0 saturated heterocycles. The third-order valence-corrected chi connectivity index (χ3v) is 5.39. The molecular weight excluding hydrogens is 348 g/mol. The molecule has 2 aromatic carbocycles. The Labute approximate surface area is 163 Å². The van der Waals surface area contributed by atoms with Gasteiger partial charge >= 0.3 is 0 Å². The molecule has 0 radical (unpaired) electrons. The maximum Gasteiger partial charge on any atom is 0.256 e. The molecule has 2 aromatic heterocycles. The van der Waals surface area contributed by atoms with Gasteiger partial charge in [0, 0.05) is 18.4 Å². The van der Waals surface area contributed by atoms with Gasteiger partial charge in [0.15, 0.2) is 5.65 Å². The van der Waals surface area contributed by atoms with E-state index >= 15 is 0 Å². The second-order valence-corrected chi connectivity index (χ2v) is 7.38. The van der Waals surface area contributed by atoms with Crippen molar-refractivity contribution >= 4 is 22.6 Å². The highest BCUT2D eigenvalue weighted by Gasteiger charge is 2.20. The van der Waals surface area contributed by atoms with E-state index in [1.165, 1.54) is 22.3 Å². The highest BCUT2D eigenvalue weighted by molar-refractivity contribution is 6.12. The molecule has 0 bridgehead atoms. The summed E-state index contributed by atoms with van der Waals surface area (Å²) in [5, 5.41) is 8.30. The molecule has 0 atom stereocenters. The predicted molar refractivity (Wildman–Crippen MR) is 111 cm³/mol. The number of benzene rings is 2. The van der Waals surface area contributed by atoms with Crippen LogP contribution in [0.5, 0.6) is 0 Å². The fraction of sp³-hybridized carbons (Fsp3) is 0.174. The van der Waals surface area contributed by atoms with E-state index in [4.69, 9.17) is 0 Å². The molecule has 0 unspecified atom stereocenters. The molecule has 5 rings (SSSR count). The average molecular weight is 368 g/mol. The molecule has 0 fully saturated rings. The Morgan fingerprint density at radius 3 is 2.68 bits per heavy atom. The number of nitrogens with one attached hydrogen (secondary N) is 1. The van der Waals surface area contributed by atoms with Crippen molar-refractivity contribution in [2.24, 2.45) is 7.05 Å². The summed E-state index contributed by atoms with van der Waals surface area (Å²) in [6.07, 6.45) is 0.898. The number of aryl methyl sites for hydroxylation is 3. The van der Waals surface area contributed by atoms with E-state index in [1.54, 1.807) is 4.68 Å². The van der Waals surface area contributed by atoms with E-state index in [0.717, 1.165) is 34.5 Å². The minimum Gasteiger partial charge on any atom is -0.322 e. The topological polar surface area (TPSA) is 59.8 Å². The minimum absolute atomic E-state index is 0.137. The van der Waals surface area contributed by atoms with Gasteiger partial charge in [-0.3, -0.25) is 9.48 Å². The van der Waals surface area contributed by atoms with Gasteiger partial charge in [0.25, 0.3) is 5.91 Å². The summed E-state index contributed by atoms with van der Waals surface area (Å²) in [6.45, 7) is 3.80. The van der Waals surface area contributed by atoms with Crippen LogP contribution in [0.3, 0.4) is 0 Å². The summed E-state index contributed by atoms with van der Waals surface area (Å²) in [4.78, 5) is 17.6. The SMILES string of the molecule is Cc1cc(C(=O)Nc2ccc3c(c2)Cc2ccccc2-3)c2c(C)nn(C)c2n1. The Bertz CT molecular complexity index is 1270. The van der Waals surface area contributed by atoms with Gasteiger partial charge in [0.1, 0.15) is 0 Å². The number of rotatable bonds is 2. The van der Waals surface area contributed by atoms with Crippen molar-refractivity contribution in [3.63, 3.8) is 0 Å². The van der Waals surface area contributed by atoms with E-state index in [-0.39, 0.29) is 5.91 Å². The number of nitrogens with zero attached hydrogens (tertiary/aromatic N) is 3. The number of carbonyl (C=O) groups excluding carboxylic acids is 1. The largest absolute Gasteiger partial charge is 0.322 e. The lowest BCUT2D eigenvalue weighted by Gasteiger charge is -2.09. The highest BCUT2D eigenvalue weighted by atomic mass is 16.1. The van der Waals surface area contributed by atoms with E-state index < -0.39 is 0 Å². The molecule has 28 heavy (non-hydrogen) atoms. The second kappa shape index (κ2) is 6.02. The molecule has 138 valence electrons. The monoisotopic (exact) mass is 368 g/mol. The number of carbonyl (C=O) groups is 1. The fourth-order valence-corrected chi connectivity index (χ4v) is 4.17. The van der Waals surface area contributed by atoms with Crippen molar-refractivity contribution in [3.8, 4) is 11.1 Å². The number of fused-ring (bicyclic) bond motifs is 4. The lowest BCUT2D eigenvalue weighted by Crippen LogP contribution is -2.13. The van der Waals surface area contributed by atoms with Gasteiger partial charge < -0.3 is 5.32 Å². The molecule has 2 heterocycles. The zero-order valence-corrected chi connectivity index (χ0v) is 16.1. The minimum atomic E-state index is -0.137. The van der Waals surface area contributed by atoms with Crippen LogP contribution in [0.15, 0.2) is 48.5 Å². The molecule has 1 amide bonds. The van der Waals surface area contributed by atoms with Crippen LogP contribution in [0.2, 0.25) is 0 Å². The first kappa shape index (κ1) is 16.7. The van der Waals surface area contributed by atoms with E-state index in [0.29, 0.717) is 5.56 Å². The molecule has 1 N–H and O–H groups in total. The summed E-state index contributed by atoms with van der Waals surface area (Å²) in [5.74, 6) is -0.137. The second-order valence-electron chi connectivity index (χ2n) is 7.38. The predicted octanol–water partition coefficient (Wildman–Crippen LogP) is 4.41. The Morgan fingerprint density at radius 2 is 1.82 bits per heavy atom. The number of amides is 1. The van der Waals surface area contributed by atoms with Crippen LogP contribution in [0.1, 0.15) is 32.9 Å². The maximum atomic E-state index is 13.1. The van der Waals surface area contributed by atoms with Crippen molar-refractivity contribution in [1.82, 2.24) is 14.8 Å². The molecule has 0 saturated carbocycles. The summed E-state index contributed by atoms with van der Waals surface area (Å²) in [6, 6.07) is 16.4. The Morgan fingerprint density at radius 1 is 1.04 bits per heavy atom. The lowest BCUT2D eigenvalue weighted by molar-refractivity contribution is 0.102. The van der Waals surface area contributed by atoms with Gasteiger partial charge in [-0.05, 0) is 60.7 Å². The van der Waals surface area contributed by atoms with Crippen molar-refractivity contribution in [2.45, 2.75) is 20.3 Å². The van der Waals surface area contributed by atoms with Crippen LogP contribution in [0, 0.1) is 13.8 Å². The van der Waals surface area contributed by atoms with E-state index in [9.17, 15) is 4.79 Å². The molecule has 5 heteroatoms. The smallest absolute Gasteiger partial charge is 0.256 e. The molecule has 0 spiro atoms. The molecule has 5 nitrogen and oxygen atoms in total. The van der Waals surface area contributed by atoms with Crippen LogP contribution in [0.4, 0.5) is 5.69 Å². The van der Waals surface area contributed by atoms with Crippen LogP contribution in [0.25, 0.3) is 22.2 Å². The standard InChI is InChI=1S/C23H20N4O/c1-13-10-20(21-14(2)26-27(3)22(21)24-13)23(28)25-17-8-9-19-16(12-17)11-15-6-4-5-7-18(15)19/h4-10,12H,11H2,1-3H3,(H,25,28). The lowest BCUT2D eigenvalue weighted by atomic mass is 10.1. The summed E-state index contributed by atoms with van der Waals surface area (Å²) in [5.41, 5.74) is 8.85. The van der Waals surface area contributed by atoms with Gasteiger partial charge in [-0.1, -0.05) is 30.3 Å². The third-order valence-electron chi connectivity index (χ3n) is 5.39. The molecule has 1 aliphatic carbocycles. The zero-order valence-electron chi connectivity index (χ0n) is 16.1. The van der Waals surface area contributed by atoms with Crippen LogP contribution >= 0.6 is 0 Å². The Balaban J connectivity index is 1.51. The number of hydrogen-bond acceptors (Lipinski definition) is 3. The first-order chi connectivity index (χ1) is 13.5. The van der Waals surface area contributed by atoms with Crippen LogP contribution < -0.4 is 5.32 Å². The Kier molecular flexibility index (Phi) is 3.59. The van der Waals surface area contributed by atoms with E-state index in [1.807, 2.05) is 33.0 Å². The van der Waals surface area contributed by atoms with Gasteiger partial charge in [-0.15, -0.1) is 0 Å². The summed E-state index contributed by atoms with van der Waals surface area (Å²) in [7, 11) is 1.85.